The van der Waals surface area contributed by atoms with Gasteiger partial charge in [-0.2, -0.15) is 0 Å². The van der Waals surface area contributed by atoms with Gasteiger partial charge in [0.05, 0.1) is 0 Å². The Morgan fingerprint density at radius 1 is 1.71 bits per heavy atom. The van der Waals surface area contributed by atoms with E-state index in [2.05, 4.69) is 20.3 Å². The maximum atomic E-state index is 5.28. The third-order valence-corrected chi connectivity index (χ3v) is 1.19. The van der Waals surface area contributed by atoms with E-state index in [1.165, 1.54) is 0 Å². The molecule has 0 aromatic carbocycles. The molecule has 1 nitrogen and oxygen atoms in total. The molecule has 7 heavy (non-hydrogen) atoms. The molecular weight excluding hydrogens is 86.1 g/mol. The summed E-state index contributed by atoms with van der Waals surface area (Å²) in [5.41, 5.74) is 5.28. The van der Waals surface area contributed by atoms with Crippen molar-refractivity contribution in [1.82, 2.24) is 0 Å². The van der Waals surface area contributed by atoms with Gasteiger partial charge in [0.25, 0.3) is 0 Å². The fourth-order valence-corrected chi connectivity index (χ4v) is 0.430. The lowest BCUT2D eigenvalue weighted by molar-refractivity contribution is 0.617. The van der Waals surface area contributed by atoms with Crippen molar-refractivity contribution in [2.75, 3.05) is 6.54 Å². The predicted octanol–water partition coefficient (Wildman–Crippen LogP) is 1.20. The Kier molecular flexibility index (Phi) is 4.10. The van der Waals surface area contributed by atoms with Crippen LogP contribution in [0.2, 0.25) is 0 Å². The molecule has 1 heteroatoms. The van der Waals surface area contributed by atoms with Gasteiger partial charge in [-0.1, -0.05) is 13.8 Å². The van der Waals surface area contributed by atoms with E-state index in [1.807, 2.05) is 0 Å². The summed E-state index contributed by atoms with van der Waals surface area (Å²) in [6, 6.07) is 0. The molecule has 1 atom stereocenters. The smallest absolute Gasteiger partial charge is 0.00746 e. The molecule has 1 radical (unpaired) electrons. The summed E-state index contributed by atoms with van der Waals surface area (Å²) in [6.07, 6.45) is 3.30. The van der Waals surface area contributed by atoms with Crippen LogP contribution in [0.15, 0.2) is 0 Å². The summed E-state index contributed by atoms with van der Waals surface area (Å²) < 4.78 is 0. The van der Waals surface area contributed by atoms with E-state index in [0.717, 1.165) is 13.0 Å². The van der Waals surface area contributed by atoms with Crippen molar-refractivity contribution in [2.45, 2.75) is 20.3 Å². The van der Waals surface area contributed by atoms with Crippen LogP contribution in [0.1, 0.15) is 20.3 Å². The average Bonchev–Trinajstić information content (AvgIpc) is 1.68. The Labute approximate surface area is 45.9 Å². The van der Waals surface area contributed by atoms with Crippen LogP contribution >= 0.6 is 0 Å². The molecule has 43 valence electrons. The maximum Gasteiger partial charge on any atom is -0.00746 e. The Bertz CT molecular complexity index is 35.2. The van der Waals surface area contributed by atoms with Crippen molar-refractivity contribution in [3.63, 3.8) is 0 Å². The van der Waals surface area contributed by atoms with Crippen LogP contribution in [-0.2, 0) is 0 Å². The van der Waals surface area contributed by atoms with Crippen LogP contribution < -0.4 is 5.73 Å². The molecule has 0 rings (SSSR count). The number of nitrogens with two attached hydrogens (primary N) is 1. The molecule has 0 heterocycles. The first-order valence-corrected chi connectivity index (χ1v) is 2.80. The van der Waals surface area contributed by atoms with Gasteiger partial charge in [-0.15, -0.1) is 0 Å². The lowest BCUT2D eigenvalue weighted by atomic mass is 10.1. The fraction of sp³-hybridized carbons (Fsp3) is 0.833. The van der Waals surface area contributed by atoms with Crippen molar-refractivity contribution in [3.8, 4) is 0 Å². The third kappa shape index (κ3) is 3.80. The zero-order chi connectivity index (χ0) is 5.70. The van der Waals surface area contributed by atoms with E-state index in [1.54, 1.807) is 0 Å². The predicted molar refractivity (Wildman–Crippen MR) is 32.8 cm³/mol. The highest BCUT2D eigenvalue weighted by atomic mass is 14.5. The molecule has 0 aliphatic rings. The Morgan fingerprint density at radius 2 is 2.29 bits per heavy atom. The Balaban J connectivity index is 2.83. The highest BCUT2D eigenvalue weighted by molar-refractivity contribution is 4.65. The first kappa shape index (κ1) is 6.96. The van der Waals surface area contributed by atoms with Crippen LogP contribution in [0.4, 0.5) is 0 Å². The van der Waals surface area contributed by atoms with E-state index < -0.39 is 0 Å². The normalized spacial score (nSPS) is 14.1. The Hall–Kier alpha value is -0.0400. The average molecular weight is 100 g/mol. The molecule has 0 saturated carbocycles. The first-order valence-electron chi connectivity index (χ1n) is 2.80. The lowest BCUT2D eigenvalue weighted by Crippen LogP contribution is -2.04. The summed E-state index contributed by atoms with van der Waals surface area (Å²) in [5.74, 6) is 0.699. The summed E-state index contributed by atoms with van der Waals surface area (Å²) in [6.45, 7) is 5.05. The first-order chi connectivity index (χ1) is 3.31. The second-order valence-corrected chi connectivity index (χ2v) is 1.89. The Morgan fingerprint density at radius 3 is 2.43 bits per heavy atom. The second kappa shape index (κ2) is 4.13. The van der Waals surface area contributed by atoms with Crippen LogP contribution in [-0.4, -0.2) is 6.54 Å². The largest absolute Gasteiger partial charge is 0.330 e. The highest BCUT2D eigenvalue weighted by Gasteiger charge is 1.93. The molecule has 0 saturated heterocycles. The molecule has 1 unspecified atom stereocenters. The van der Waals surface area contributed by atoms with Crippen molar-refractivity contribution in [2.24, 2.45) is 11.7 Å². The van der Waals surface area contributed by atoms with Crippen molar-refractivity contribution in [3.05, 3.63) is 6.42 Å². The summed E-state index contributed by atoms with van der Waals surface area (Å²) in [4.78, 5) is 0. The van der Waals surface area contributed by atoms with Crippen LogP contribution in [0.3, 0.4) is 0 Å². The van der Waals surface area contributed by atoms with Gasteiger partial charge in [-0.25, -0.2) is 0 Å². The van der Waals surface area contributed by atoms with Gasteiger partial charge in [0.1, 0.15) is 0 Å². The monoisotopic (exact) mass is 100 g/mol. The van der Waals surface area contributed by atoms with Crippen LogP contribution in [0, 0.1) is 12.3 Å². The van der Waals surface area contributed by atoms with E-state index >= 15 is 0 Å². The molecule has 0 bridgehead atoms. The third-order valence-electron chi connectivity index (χ3n) is 1.19. The lowest BCUT2D eigenvalue weighted by Gasteiger charge is -2.02. The molecule has 0 spiro atoms. The minimum Gasteiger partial charge on any atom is -0.330 e. The quantitative estimate of drug-likeness (QED) is 0.566. The van der Waals surface area contributed by atoms with E-state index in [4.69, 9.17) is 5.73 Å². The molecule has 0 aromatic heterocycles. The van der Waals surface area contributed by atoms with Gasteiger partial charge < -0.3 is 5.73 Å². The highest BCUT2D eigenvalue weighted by Crippen LogP contribution is 2.01. The molecule has 0 aliphatic heterocycles. The molecule has 0 aliphatic carbocycles. The maximum absolute atomic E-state index is 5.28. The molecular formula is C6H14N. The van der Waals surface area contributed by atoms with Gasteiger partial charge in [0, 0.05) is 0 Å². The minimum atomic E-state index is 0.699. The van der Waals surface area contributed by atoms with E-state index in [0.29, 0.717) is 5.92 Å². The van der Waals surface area contributed by atoms with E-state index in [9.17, 15) is 0 Å². The summed E-state index contributed by atoms with van der Waals surface area (Å²) in [5, 5.41) is 0. The SMILES string of the molecule is C[CH]C(C)CCN. The second-order valence-electron chi connectivity index (χ2n) is 1.89. The molecule has 0 fully saturated rings. The van der Waals surface area contributed by atoms with Crippen LogP contribution in [0.5, 0.6) is 0 Å². The number of hydrogen-bond acceptors (Lipinski definition) is 1. The van der Waals surface area contributed by atoms with Gasteiger partial charge in [0.15, 0.2) is 0 Å². The zero-order valence-corrected chi connectivity index (χ0v) is 5.15. The van der Waals surface area contributed by atoms with Crippen molar-refractivity contribution in [1.29, 1.82) is 0 Å². The summed E-state index contributed by atoms with van der Waals surface area (Å²) >= 11 is 0. The minimum absolute atomic E-state index is 0.699. The van der Waals surface area contributed by atoms with E-state index in [-0.39, 0.29) is 0 Å². The summed E-state index contributed by atoms with van der Waals surface area (Å²) in [7, 11) is 0. The van der Waals surface area contributed by atoms with Gasteiger partial charge in [-0.3, -0.25) is 0 Å². The number of rotatable bonds is 3. The van der Waals surface area contributed by atoms with Crippen molar-refractivity contribution < 1.29 is 0 Å². The fourth-order valence-electron chi connectivity index (χ4n) is 0.430. The van der Waals surface area contributed by atoms with Gasteiger partial charge in [0.2, 0.25) is 0 Å². The van der Waals surface area contributed by atoms with Crippen molar-refractivity contribution >= 4 is 0 Å². The standard InChI is InChI=1S/C6H14N/c1-3-6(2)4-5-7/h3,6H,4-5,7H2,1-2H3. The number of hydrogen-bond donors (Lipinski definition) is 1. The topological polar surface area (TPSA) is 26.0 Å². The molecule has 0 amide bonds. The van der Waals surface area contributed by atoms with Gasteiger partial charge >= 0.3 is 0 Å². The van der Waals surface area contributed by atoms with Gasteiger partial charge in [-0.05, 0) is 25.3 Å². The zero-order valence-electron chi connectivity index (χ0n) is 5.15. The molecule has 0 aromatic rings. The van der Waals surface area contributed by atoms with Crippen LogP contribution in [0.25, 0.3) is 0 Å². The molecule has 2 N–H and O–H groups in total.